The number of nitrogens with one attached hydrogen (secondary N) is 1. The van der Waals surface area contributed by atoms with Crippen LogP contribution in [0.25, 0.3) is 0 Å². The van der Waals surface area contributed by atoms with E-state index < -0.39 is 0 Å². The molecule has 0 saturated heterocycles. The van der Waals surface area contributed by atoms with Gasteiger partial charge in [0, 0.05) is 30.5 Å². The number of rotatable bonds is 6. The number of hydrogen-bond acceptors (Lipinski definition) is 3. The highest BCUT2D eigenvalue weighted by molar-refractivity contribution is 5.91. The number of aromatic nitrogens is 2. The van der Waals surface area contributed by atoms with E-state index in [4.69, 9.17) is 0 Å². The zero-order chi connectivity index (χ0) is 18.0. The lowest BCUT2D eigenvalue weighted by Gasteiger charge is -2.23. The Bertz CT molecular complexity index is 765. The molecule has 1 aromatic carbocycles. The van der Waals surface area contributed by atoms with Crippen LogP contribution in [-0.4, -0.2) is 26.6 Å². The molecule has 1 N–H and O–H groups in total. The summed E-state index contributed by atoms with van der Waals surface area (Å²) in [6, 6.07) is 8.76. The molecule has 5 heteroatoms. The Morgan fingerprint density at radius 3 is 2.80 bits per heavy atom. The quantitative estimate of drug-likeness (QED) is 0.873. The van der Waals surface area contributed by atoms with Crippen LogP contribution >= 0.6 is 0 Å². The largest absolute Gasteiger partial charge is 0.324 e. The second kappa shape index (κ2) is 7.40. The molecule has 0 radical (unpaired) electrons. The van der Waals surface area contributed by atoms with Gasteiger partial charge in [0.2, 0.25) is 5.91 Å². The molecule has 1 aromatic heterocycles. The van der Waals surface area contributed by atoms with E-state index in [-0.39, 0.29) is 12.5 Å². The van der Waals surface area contributed by atoms with Gasteiger partial charge in [0.05, 0.1) is 5.69 Å². The highest BCUT2D eigenvalue weighted by Gasteiger charge is 2.25. The van der Waals surface area contributed by atoms with Crippen molar-refractivity contribution in [3.8, 4) is 0 Å². The van der Waals surface area contributed by atoms with Crippen molar-refractivity contribution >= 4 is 11.6 Å². The Kier molecular flexibility index (Phi) is 5.23. The fraction of sp³-hybridized carbons (Fsp3) is 0.500. The summed E-state index contributed by atoms with van der Waals surface area (Å²) in [6.45, 7) is 10.6. The third kappa shape index (κ3) is 3.93. The predicted molar refractivity (Wildman–Crippen MR) is 100 cm³/mol. The number of fused-ring (bicyclic) bond motifs is 1. The van der Waals surface area contributed by atoms with Gasteiger partial charge in [0.25, 0.3) is 0 Å². The molecule has 0 fully saturated rings. The van der Waals surface area contributed by atoms with Crippen LogP contribution in [0.15, 0.2) is 24.3 Å². The molecule has 0 unspecified atom stereocenters. The highest BCUT2D eigenvalue weighted by atomic mass is 16.2. The van der Waals surface area contributed by atoms with Crippen LogP contribution in [0, 0.1) is 13.8 Å². The average Bonchev–Trinajstić information content (AvgIpc) is 3.12. The van der Waals surface area contributed by atoms with Crippen molar-refractivity contribution in [1.29, 1.82) is 0 Å². The van der Waals surface area contributed by atoms with E-state index in [1.807, 2.05) is 32.0 Å². The number of benzene rings is 1. The average molecular weight is 340 g/mol. The van der Waals surface area contributed by atoms with Gasteiger partial charge in [-0.15, -0.1) is 0 Å². The first-order valence-corrected chi connectivity index (χ1v) is 9.13. The van der Waals surface area contributed by atoms with Crippen molar-refractivity contribution in [3.05, 3.63) is 46.8 Å². The van der Waals surface area contributed by atoms with Gasteiger partial charge >= 0.3 is 0 Å². The molecule has 0 aliphatic carbocycles. The van der Waals surface area contributed by atoms with E-state index in [0.717, 1.165) is 30.2 Å². The summed E-state index contributed by atoms with van der Waals surface area (Å²) >= 11 is 0. The Morgan fingerprint density at radius 2 is 2.12 bits per heavy atom. The molecule has 2 heterocycles. The first-order chi connectivity index (χ1) is 12.0. The number of carbonyl (C=O) groups is 1. The van der Waals surface area contributed by atoms with E-state index in [1.54, 1.807) is 4.68 Å². The van der Waals surface area contributed by atoms with Crippen LogP contribution in [-0.2, 0) is 24.4 Å². The molecule has 0 bridgehead atoms. The Labute approximate surface area is 150 Å². The summed E-state index contributed by atoms with van der Waals surface area (Å²) in [5.41, 5.74) is 5.46. The summed E-state index contributed by atoms with van der Waals surface area (Å²) < 4.78 is 1.75. The lowest BCUT2D eigenvalue weighted by molar-refractivity contribution is -0.116. The molecule has 2 aromatic rings. The number of amides is 1. The Hall–Kier alpha value is -2.14. The Morgan fingerprint density at radius 1 is 1.32 bits per heavy atom. The van der Waals surface area contributed by atoms with Crippen LogP contribution in [0.1, 0.15) is 49.2 Å². The first kappa shape index (κ1) is 17.7. The SMILES string of the molecule is CCC[C@@H](C)N1Cc2cccc(NC(=O)Cn3nc(C)cc3C)c2C1. The predicted octanol–water partition coefficient (Wildman–Crippen LogP) is 3.64. The number of anilines is 1. The van der Waals surface area contributed by atoms with Crippen molar-refractivity contribution in [2.24, 2.45) is 0 Å². The van der Waals surface area contributed by atoms with Gasteiger partial charge < -0.3 is 5.32 Å². The van der Waals surface area contributed by atoms with E-state index in [9.17, 15) is 4.79 Å². The van der Waals surface area contributed by atoms with Gasteiger partial charge in [-0.2, -0.15) is 5.10 Å². The minimum atomic E-state index is -0.0281. The molecule has 1 aliphatic rings. The van der Waals surface area contributed by atoms with Gasteiger partial charge in [0.1, 0.15) is 6.54 Å². The van der Waals surface area contributed by atoms with Crippen LogP contribution in [0.5, 0.6) is 0 Å². The van der Waals surface area contributed by atoms with Crippen LogP contribution in [0.3, 0.4) is 0 Å². The van der Waals surface area contributed by atoms with Crippen molar-refractivity contribution < 1.29 is 4.79 Å². The van der Waals surface area contributed by atoms with Gasteiger partial charge in [-0.05, 0) is 50.5 Å². The number of hydrogen-bond donors (Lipinski definition) is 1. The number of carbonyl (C=O) groups excluding carboxylic acids is 1. The van der Waals surface area contributed by atoms with E-state index in [0.29, 0.717) is 6.04 Å². The van der Waals surface area contributed by atoms with Gasteiger partial charge in [-0.3, -0.25) is 14.4 Å². The lowest BCUT2D eigenvalue weighted by atomic mass is 10.1. The second-order valence-electron chi connectivity index (χ2n) is 7.12. The van der Waals surface area contributed by atoms with E-state index in [2.05, 4.69) is 35.2 Å². The zero-order valence-electron chi connectivity index (χ0n) is 15.7. The third-order valence-corrected chi connectivity index (χ3v) is 5.01. The molecule has 134 valence electrons. The van der Waals surface area contributed by atoms with Gasteiger partial charge in [-0.25, -0.2) is 0 Å². The normalized spacial score (nSPS) is 15.2. The number of nitrogens with zero attached hydrogens (tertiary/aromatic N) is 3. The highest BCUT2D eigenvalue weighted by Crippen LogP contribution is 2.31. The van der Waals surface area contributed by atoms with Gasteiger partial charge in [0.15, 0.2) is 0 Å². The topological polar surface area (TPSA) is 50.2 Å². The summed E-state index contributed by atoms with van der Waals surface area (Å²) in [4.78, 5) is 15.0. The minimum Gasteiger partial charge on any atom is -0.324 e. The maximum Gasteiger partial charge on any atom is 0.246 e. The standard InChI is InChI=1S/C20H28N4O/c1-5-7-15(3)23-11-17-8-6-9-19(18(17)12-23)21-20(25)13-24-16(4)10-14(2)22-24/h6,8-10,15H,5,7,11-13H2,1-4H3,(H,21,25)/t15-/m1/s1. The first-order valence-electron chi connectivity index (χ1n) is 9.13. The monoisotopic (exact) mass is 340 g/mol. The van der Waals surface area contributed by atoms with Crippen LogP contribution in [0.4, 0.5) is 5.69 Å². The van der Waals surface area contributed by atoms with Crippen LogP contribution < -0.4 is 5.32 Å². The summed E-state index contributed by atoms with van der Waals surface area (Å²) in [6.07, 6.45) is 2.40. The smallest absolute Gasteiger partial charge is 0.246 e. The Balaban J connectivity index is 1.70. The van der Waals surface area contributed by atoms with Crippen LogP contribution in [0.2, 0.25) is 0 Å². The third-order valence-electron chi connectivity index (χ3n) is 5.01. The molecule has 0 spiro atoms. The zero-order valence-corrected chi connectivity index (χ0v) is 15.7. The fourth-order valence-electron chi connectivity index (χ4n) is 3.64. The maximum atomic E-state index is 12.5. The molecule has 1 atom stereocenters. The molecule has 1 aliphatic heterocycles. The van der Waals surface area contributed by atoms with E-state index in [1.165, 1.54) is 24.0 Å². The van der Waals surface area contributed by atoms with Crippen molar-refractivity contribution in [1.82, 2.24) is 14.7 Å². The van der Waals surface area contributed by atoms with E-state index >= 15 is 0 Å². The van der Waals surface area contributed by atoms with Gasteiger partial charge in [-0.1, -0.05) is 25.5 Å². The maximum absolute atomic E-state index is 12.5. The molecule has 25 heavy (non-hydrogen) atoms. The lowest BCUT2D eigenvalue weighted by Crippen LogP contribution is -2.27. The molecular formula is C20H28N4O. The summed E-state index contributed by atoms with van der Waals surface area (Å²) in [5, 5.41) is 7.46. The van der Waals surface area contributed by atoms with Crippen molar-refractivity contribution in [3.63, 3.8) is 0 Å². The minimum absolute atomic E-state index is 0.0281. The molecule has 3 rings (SSSR count). The summed E-state index contributed by atoms with van der Waals surface area (Å²) in [5.74, 6) is -0.0281. The second-order valence-corrected chi connectivity index (χ2v) is 7.12. The fourth-order valence-corrected chi connectivity index (χ4v) is 3.64. The number of aryl methyl sites for hydroxylation is 2. The molecular weight excluding hydrogens is 312 g/mol. The van der Waals surface area contributed by atoms with Crippen molar-refractivity contribution in [2.75, 3.05) is 5.32 Å². The molecule has 5 nitrogen and oxygen atoms in total. The summed E-state index contributed by atoms with van der Waals surface area (Å²) in [7, 11) is 0. The molecule has 1 amide bonds. The molecule has 0 saturated carbocycles. The van der Waals surface area contributed by atoms with Crippen molar-refractivity contribution in [2.45, 2.75) is 66.2 Å².